The summed E-state index contributed by atoms with van der Waals surface area (Å²) in [5.74, 6) is 0.626. The molecular weight excluding hydrogens is 402 g/mol. The normalized spacial score (nSPS) is 12.1. The number of hydrogen-bond acceptors (Lipinski definition) is 5. The van der Waals surface area contributed by atoms with Crippen LogP contribution in [0, 0.1) is 6.92 Å². The second kappa shape index (κ2) is 9.45. The first kappa shape index (κ1) is 21.4. The average Bonchev–Trinajstić information content (AvgIpc) is 2.77. The fraction of sp³-hybridized carbons (Fsp3) is 0.174. The lowest BCUT2D eigenvalue weighted by Crippen LogP contribution is -2.34. The van der Waals surface area contributed by atoms with Gasteiger partial charge in [0.15, 0.2) is 5.37 Å². The molecular formula is C23H23NO5S. The highest BCUT2D eigenvalue weighted by molar-refractivity contribution is 7.91. The van der Waals surface area contributed by atoms with E-state index in [9.17, 15) is 13.2 Å². The largest absolute Gasteiger partial charge is 0.496 e. The van der Waals surface area contributed by atoms with Crippen molar-refractivity contribution in [2.45, 2.75) is 23.8 Å². The molecule has 156 valence electrons. The summed E-state index contributed by atoms with van der Waals surface area (Å²) in [6.07, 6.45) is -0.822. The van der Waals surface area contributed by atoms with E-state index in [1.54, 1.807) is 43.5 Å². The molecule has 0 fully saturated rings. The number of carbonyl (C=O) groups is 1. The third-order valence-electron chi connectivity index (χ3n) is 4.57. The molecule has 0 bridgehead atoms. The fourth-order valence-corrected chi connectivity index (χ4v) is 4.59. The van der Waals surface area contributed by atoms with Crippen molar-refractivity contribution >= 4 is 15.9 Å². The van der Waals surface area contributed by atoms with E-state index in [1.165, 1.54) is 12.1 Å². The van der Waals surface area contributed by atoms with Crippen LogP contribution in [-0.4, -0.2) is 21.6 Å². The highest BCUT2D eigenvalue weighted by Crippen LogP contribution is 2.30. The number of nitrogens with one attached hydrogen (secondary N) is 1. The highest BCUT2D eigenvalue weighted by Gasteiger charge is 2.31. The smallest absolute Gasteiger partial charge is 0.408 e. The van der Waals surface area contributed by atoms with E-state index in [4.69, 9.17) is 9.47 Å². The molecule has 6 nitrogen and oxygen atoms in total. The molecule has 1 amide bonds. The van der Waals surface area contributed by atoms with Gasteiger partial charge in [0.25, 0.3) is 0 Å². The molecule has 0 aromatic heterocycles. The number of rotatable bonds is 7. The Morgan fingerprint density at radius 3 is 2.20 bits per heavy atom. The van der Waals surface area contributed by atoms with Crippen LogP contribution in [0.3, 0.4) is 0 Å². The first-order valence-corrected chi connectivity index (χ1v) is 10.9. The molecule has 3 rings (SSSR count). The maximum Gasteiger partial charge on any atom is 0.408 e. The zero-order chi connectivity index (χ0) is 21.6. The lowest BCUT2D eigenvalue weighted by atomic mass is 10.1. The third-order valence-corrected chi connectivity index (χ3v) is 6.51. The third kappa shape index (κ3) is 4.99. The monoisotopic (exact) mass is 425 g/mol. The van der Waals surface area contributed by atoms with Crippen molar-refractivity contribution < 1.29 is 22.7 Å². The van der Waals surface area contributed by atoms with Gasteiger partial charge < -0.3 is 14.8 Å². The molecule has 0 spiro atoms. The number of sulfone groups is 1. The molecule has 7 heteroatoms. The average molecular weight is 426 g/mol. The molecule has 0 saturated carbocycles. The molecule has 0 aliphatic rings. The maximum atomic E-state index is 13.3. The molecule has 1 atom stereocenters. The molecule has 3 aromatic carbocycles. The summed E-state index contributed by atoms with van der Waals surface area (Å²) in [5.41, 5.74) is 1.96. The van der Waals surface area contributed by atoms with E-state index in [-0.39, 0.29) is 11.5 Å². The Bertz CT molecular complexity index is 1100. The van der Waals surface area contributed by atoms with Gasteiger partial charge in [0.2, 0.25) is 9.84 Å². The summed E-state index contributed by atoms with van der Waals surface area (Å²) in [6, 6.07) is 22.1. The van der Waals surface area contributed by atoms with Gasteiger partial charge in [-0.1, -0.05) is 54.6 Å². The van der Waals surface area contributed by atoms with Gasteiger partial charge in [-0.3, -0.25) is 0 Å². The minimum atomic E-state index is -3.92. The predicted octanol–water partition coefficient (Wildman–Crippen LogP) is 4.40. The van der Waals surface area contributed by atoms with Crippen LogP contribution in [0.25, 0.3) is 0 Å². The van der Waals surface area contributed by atoms with Crippen molar-refractivity contribution in [3.63, 3.8) is 0 Å². The Labute approximate surface area is 176 Å². The van der Waals surface area contributed by atoms with E-state index >= 15 is 0 Å². The predicted molar refractivity (Wildman–Crippen MR) is 114 cm³/mol. The van der Waals surface area contributed by atoms with Gasteiger partial charge in [0, 0.05) is 0 Å². The number of amides is 1. The van der Waals surface area contributed by atoms with Crippen LogP contribution in [-0.2, 0) is 21.2 Å². The van der Waals surface area contributed by atoms with Gasteiger partial charge in [-0.15, -0.1) is 0 Å². The molecule has 1 N–H and O–H groups in total. The van der Waals surface area contributed by atoms with Crippen LogP contribution in [0.4, 0.5) is 4.79 Å². The number of hydrogen-bond donors (Lipinski definition) is 1. The van der Waals surface area contributed by atoms with Gasteiger partial charge in [0.05, 0.1) is 12.0 Å². The van der Waals surface area contributed by atoms with Crippen LogP contribution in [0.1, 0.15) is 22.1 Å². The fourth-order valence-electron chi connectivity index (χ4n) is 3.02. The van der Waals surface area contributed by atoms with Gasteiger partial charge >= 0.3 is 6.09 Å². The summed E-state index contributed by atoms with van der Waals surface area (Å²) in [5, 5.41) is 1.20. The lowest BCUT2D eigenvalue weighted by molar-refractivity contribution is 0.138. The standard InChI is InChI=1S/C23H23NO5S/c1-17-15-19(13-14-21(17)28-2)22(30(26,27)20-11-7-4-8-12-20)24-23(25)29-16-18-9-5-3-6-10-18/h3-15,22H,16H2,1-2H3,(H,24,25). The molecule has 0 aliphatic heterocycles. The molecule has 0 aliphatic carbocycles. The topological polar surface area (TPSA) is 81.7 Å². The van der Waals surface area contributed by atoms with Crippen LogP contribution in [0.15, 0.2) is 83.8 Å². The van der Waals surface area contributed by atoms with Crippen molar-refractivity contribution in [1.29, 1.82) is 0 Å². The van der Waals surface area contributed by atoms with Crippen molar-refractivity contribution in [3.05, 3.63) is 95.6 Å². The summed E-state index contributed by atoms with van der Waals surface area (Å²) in [4.78, 5) is 12.6. The van der Waals surface area contributed by atoms with E-state index in [0.717, 1.165) is 11.1 Å². The molecule has 1 unspecified atom stereocenters. The van der Waals surface area contributed by atoms with Crippen LogP contribution < -0.4 is 10.1 Å². The van der Waals surface area contributed by atoms with Crippen molar-refractivity contribution in [3.8, 4) is 5.75 Å². The minimum Gasteiger partial charge on any atom is -0.496 e. The molecule has 0 heterocycles. The Balaban J connectivity index is 1.89. The highest BCUT2D eigenvalue weighted by atomic mass is 32.2. The molecule has 30 heavy (non-hydrogen) atoms. The quantitative estimate of drug-likeness (QED) is 0.607. The first-order valence-electron chi connectivity index (χ1n) is 9.32. The summed E-state index contributed by atoms with van der Waals surface area (Å²) in [6.45, 7) is 1.84. The van der Waals surface area contributed by atoms with Gasteiger partial charge in [-0.25, -0.2) is 13.2 Å². The Hall–Kier alpha value is -3.32. The number of methoxy groups -OCH3 is 1. The van der Waals surface area contributed by atoms with Crippen molar-refractivity contribution in [2.24, 2.45) is 0 Å². The summed E-state index contributed by atoms with van der Waals surface area (Å²) < 4.78 is 37.1. The number of carbonyl (C=O) groups excluding carboxylic acids is 1. The number of alkyl carbamates (subject to hydrolysis) is 1. The molecule has 0 radical (unpaired) electrons. The Kier molecular flexibility index (Phi) is 6.74. The lowest BCUT2D eigenvalue weighted by Gasteiger charge is -2.20. The van der Waals surface area contributed by atoms with Crippen molar-refractivity contribution in [1.82, 2.24) is 5.32 Å². The van der Waals surface area contributed by atoms with E-state index < -0.39 is 21.3 Å². The molecule has 0 saturated heterocycles. The number of ether oxygens (including phenoxy) is 2. The van der Waals surface area contributed by atoms with Crippen molar-refractivity contribution in [2.75, 3.05) is 7.11 Å². The zero-order valence-electron chi connectivity index (χ0n) is 16.7. The Morgan fingerprint density at radius 1 is 0.967 bits per heavy atom. The number of aryl methyl sites for hydroxylation is 1. The SMILES string of the molecule is COc1ccc(C(NC(=O)OCc2ccccc2)S(=O)(=O)c2ccccc2)cc1C. The zero-order valence-corrected chi connectivity index (χ0v) is 17.6. The van der Waals surface area contributed by atoms with E-state index in [1.807, 2.05) is 37.3 Å². The van der Waals surface area contributed by atoms with Gasteiger partial charge in [0.1, 0.15) is 12.4 Å². The van der Waals surface area contributed by atoms with Gasteiger partial charge in [-0.2, -0.15) is 0 Å². The summed E-state index contributed by atoms with van der Waals surface area (Å²) in [7, 11) is -2.38. The Morgan fingerprint density at radius 2 is 1.60 bits per heavy atom. The van der Waals surface area contributed by atoms with Crippen LogP contribution in [0.5, 0.6) is 5.75 Å². The van der Waals surface area contributed by atoms with Crippen LogP contribution >= 0.6 is 0 Å². The second-order valence-corrected chi connectivity index (χ2v) is 8.71. The van der Waals surface area contributed by atoms with Gasteiger partial charge in [-0.05, 0) is 47.9 Å². The molecule has 3 aromatic rings. The van der Waals surface area contributed by atoms with E-state index in [2.05, 4.69) is 5.32 Å². The first-order chi connectivity index (χ1) is 14.4. The summed E-state index contributed by atoms with van der Waals surface area (Å²) >= 11 is 0. The second-order valence-electron chi connectivity index (χ2n) is 6.67. The van der Waals surface area contributed by atoms with E-state index in [0.29, 0.717) is 11.3 Å². The number of benzene rings is 3. The maximum absolute atomic E-state index is 13.3. The van der Waals surface area contributed by atoms with Crippen LogP contribution in [0.2, 0.25) is 0 Å². The minimum absolute atomic E-state index is 0.0341.